The zero-order valence-corrected chi connectivity index (χ0v) is 15.1. The number of carbonyl (C=O) groups excluding carboxylic acids is 1. The molecule has 0 heterocycles. The molecule has 6 nitrogen and oxygen atoms in total. The molecule has 0 bridgehead atoms. The van der Waals surface area contributed by atoms with Gasteiger partial charge >= 0.3 is 5.97 Å². The molecule has 0 atom stereocenters. The molecule has 0 aromatic heterocycles. The van der Waals surface area contributed by atoms with Crippen LogP contribution in [0.5, 0.6) is 5.75 Å². The molecule has 2 rings (SSSR count). The van der Waals surface area contributed by atoms with Crippen molar-refractivity contribution in [2.75, 3.05) is 23.9 Å². The van der Waals surface area contributed by atoms with Crippen molar-refractivity contribution >= 4 is 23.3 Å². The summed E-state index contributed by atoms with van der Waals surface area (Å²) in [7, 11) is 1.59. The van der Waals surface area contributed by atoms with Gasteiger partial charge in [0.15, 0.2) is 0 Å². The highest BCUT2D eigenvalue weighted by molar-refractivity contribution is 5.89. The zero-order valence-electron chi connectivity index (χ0n) is 15.1. The summed E-state index contributed by atoms with van der Waals surface area (Å²) in [6.07, 6.45) is 0.606. The summed E-state index contributed by atoms with van der Waals surface area (Å²) in [5, 5.41) is 11.7. The number of methoxy groups -OCH3 is 1. The third kappa shape index (κ3) is 5.81. The molecule has 1 amide bonds. The van der Waals surface area contributed by atoms with Crippen LogP contribution in [0.25, 0.3) is 0 Å². The fourth-order valence-electron chi connectivity index (χ4n) is 2.73. The SMILES string of the molecule is COc1ccc(NC(C)=O)cc1N(CCCC(=O)O)Cc1ccccc1. The van der Waals surface area contributed by atoms with Crippen molar-refractivity contribution in [3.8, 4) is 5.75 Å². The van der Waals surface area contributed by atoms with E-state index >= 15 is 0 Å². The Bertz CT molecular complexity index is 747. The van der Waals surface area contributed by atoms with Crippen molar-refractivity contribution in [1.82, 2.24) is 0 Å². The Balaban J connectivity index is 2.31. The second-order valence-electron chi connectivity index (χ2n) is 5.97. The second-order valence-corrected chi connectivity index (χ2v) is 5.97. The van der Waals surface area contributed by atoms with Gasteiger partial charge in [0.05, 0.1) is 12.8 Å². The van der Waals surface area contributed by atoms with E-state index in [-0.39, 0.29) is 12.3 Å². The first-order valence-corrected chi connectivity index (χ1v) is 8.46. The molecule has 2 N–H and O–H groups in total. The molecule has 6 heteroatoms. The normalized spacial score (nSPS) is 10.2. The minimum atomic E-state index is -0.816. The molecule has 0 unspecified atom stereocenters. The molecule has 138 valence electrons. The first-order valence-electron chi connectivity index (χ1n) is 8.46. The number of nitrogens with one attached hydrogen (secondary N) is 1. The fraction of sp³-hybridized carbons (Fsp3) is 0.300. The van der Waals surface area contributed by atoms with Crippen LogP contribution < -0.4 is 15.0 Å². The summed E-state index contributed by atoms with van der Waals surface area (Å²) in [6, 6.07) is 15.4. The molecule has 0 fully saturated rings. The van der Waals surface area contributed by atoms with Gasteiger partial charge in [-0.05, 0) is 30.2 Å². The summed E-state index contributed by atoms with van der Waals surface area (Å²) in [4.78, 5) is 24.3. The lowest BCUT2D eigenvalue weighted by molar-refractivity contribution is -0.137. The highest BCUT2D eigenvalue weighted by atomic mass is 16.5. The summed E-state index contributed by atoms with van der Waals surface area (Å²) in [5.41, 5.74) is 2.59. The highest BCUT2D eigenvalue weighted by Crippen LogP contribution is 2.32. The Morgan fingerprint density at radius 3 is 2.50 bits per heavy atom. The number of amides is 1. The van der Waals surface area contributed by atoms with Crippen LogP contribution in [0.1, 0.15) is 25.3 Å². The number of hydrogen-bond acceptors (Lipinski definition) is 4. The predicted molar refractivity (Wildman–Crippen MR) is 102 cm³/mol. The summed E-state index contributed by atoms with van der Waals surface area (Å²) in [6.45, 7) is 2.62. The lowest BCUT2D eigenvalue weighted by Gasteiger charge is -2.27. The maximum Gasteiger partial charge on any atom is 0.303 e. The van der Waals surface area contributed by atoms with Crippen LogP contribution in [0.2, 0.25) is 0 Å². The van der Waals surface area contributed by atoms with Crippen molar-refractivity contribution < 1.29 is 19.4 Å². The lowest BCUT2D eigenvalue weighted by atomic mass is 10.1. The van der Waals surface area contributed by atoms with Crippen molar-refractivity contribution in [3.05, 3.63) is 54.1 Å². The molecule has 0 aliphatic heterocycles. The highest BCUT2D eigenvalue weighted by Gasteiger charge is 2.15. The third-order valence-corrected chi connectivity index (χ3v) is 3.87. The number of anilines is 2. The smallest absolute Gasteiger partial charge is 0.303 e. The van der Waals surface area contributed by atoms with Crippen LogP contribution in [0, 0.1) is 0 Å². The van der Waals surface area contributed by atoms with Gasteiger partial charge in [-0.3, -0.25) is 9.59 Å². The van der Waals surface area contributed by atoms with E-state index in [9.17, 15) is 9.59 Å². The molecule has 0 spiro atoms. The Morgan fingerprint density at radius 1 is 1.15 bits per heavy atom. The van der Waals surface area contributed by atoms with Gasteiger partial charge in [-0.25, -0.2) is 0 Å². The lowest BCUT2D eigenvalue weighted by Crippen LogP contribution is -2.25. The van der Waals surface area contributed by atoms with Crippen LogP contribution >= 0.6 is 0 Å². The van der Waals surface area contributed by atoms with Crippen LogP contribution in [0.4, 0.5) is 11.4 Å². The number of benzene rings is 2. The molecule has 0 aliphatic rings. The van der Waals surface area contributed by atoms with Gasteiger partial charge < -0.3 is 20.1 Å². The quantitative estimate of drug-likeness (QED) is 0.719. The van der Waals surface area contributed by atoms with Gasteiger partial charge in [0, 0.05) is 32.1 Å². The van der Waals surface area contributed by atoms with E-state index in [2.05, 4.69) is 10.2 Å². The van der Waals surface area contributed by atoms with Gasteiger partial charge in [0.2, 0.25) is 5.91 Å². The molecule has 0 saturated carbocycles. The van der Waals surface area contributed by atoms with Gasteiger partial charge in [0.1, 0.15) is 5.75 Å². The van der Waals surface area contributed by atoms with E-state index in [0.29, 0.717) is 30.9 Å². The van der Waals surface area contributed by atoms with E-state index < -0.39 is 5.97 Å². The van der Waals surface area contributed by atoms with E-state index in [4.69, 9.17) is 9.84 Å². The van der Waals surface area contributed by atoms with E-state index in [1.807, 2.05) is 36.4 Å². The molecule has 2 aromatic rings. The van der Waals surface area contributed by atoms with Gasteiger partial charge in [-0.2, -0.15) is 0 Å². The summed E-state index contributed by atoms with van der Waals surface area (Å²) >= 11 is 0. The number of hydrogen-bond donors (Lipinski definition) is 2. The first-order chi connectivity index (χ1) is 12.5. The van der Waals surface area contributed by atoms with Gasteiger partial charge in [0.25, 0.3) is 0 Å². The summed E-state index contributed by atoms with van der Waals surface area (Å²) in [5.74, 6) is -0.296. The molecule has 2 aromatic carbocycles. The van der Waals surface area contributed by atoms with Crippen LogP contribution in [-0.4, -0.2) is 30.6 Å². The average molecular weight is 356 g/mol. The van der Waals surface area contributed by atoms with Crippen LogP contribution in [-0.2, 0) is 16.1 Å². The Kier molecular flexibility index (Phi) is 7.02. The monoisotopic (exact) mass is 356 g/mol. The van der Waals surface area contributed by atoms with Crippen molar-refractivity contribution in [2.45, 2.75) is 26.3 Å². The zero-order chi connectivity index (χ0) is 18.9. The largest absolute Gasteiger partial charge is 0.495 e. The minimum Gasteiger partial charge on any atom is -0.495 e. The minimum absolute atomic E-state index is 0.0962. The molecule has 0 radical (unpaired) electrons. The molecular formula is C20H24N2O4. The van der Waals surface area contributed by atoms with Crippen molar-refractivity contribution in [1.29, 1.82) is 0 Å². The van der Waals surface area contributed by atoms with Crippen LogP contribution in [0.3, 0.4) is 0 Å². The third-order valence-electron chi connectivity index (χ3n) is 3.87. The van der Waals surface area contributed by atoms with Gasteiger partial charge in [-0.15, -0.1) is 0 Å². The first kappa shape index (κ1) is 19.3. The number of rotatable bonds is 9. The van der Waals surface area contributed by atoms with Crippen LogP contribution in [0.15, 0.2) is 48.5 Å². The second kappa shape index (κ2) is 9.46. The number of carbonyl (C=O) groups is 2. The van der Waals surface area contributed by atoms with E-state index in [1.165, 1.54) is 6.92 Å². The number of ether oxygens (including phenoxy) is 1. The molecule has 26 heavy (non-hydrogen) atoms. The topological polar surface area (TPSA) is 78.9 Å². The summed E-state index contributed by atoms with van der Waals surface area (Å²) < 4.78 is 5.48. The molecular weight excluding hydrogens is 332 g/mol. The van der Waals surface area contributed by atoms with E-state index in [1.54, 1.807) is 19.2 Å². The Morgan fingerprint density at radius 2 is 1.88 bits per heavy atom. The Hall–Kier alpha value is -3.02. The standard InChI is InChI=1S/C20H24N2O4/c1-15(23)21-17-10-11-19(26-2)18(13-17)22(12-6-9-20(24)25)14-16-7-4-3-5-8-16/h3-5,7-8,10-11,13H,6,9,12,14H2,1-2H3,(H,21,23)(H,24,25). The maximum atomic E-state index is 11.4. The Labute approximate surface area is 153 Å². The number of carboxylic acid groups (broad SMARTS) is 1. The van der Waals surface area contributed by atoms with Crippen molar-refractivity contribution in [2.24, 2.45) is 0 Å². The number of nitrogens with zero attached hydrogens (tertiary/aromatic N) is 1. The fourth-order valence-corrected chi connectivity index (χ4v) is 2.73. The maximum absolute atomic E-state index is 11.4. The average Bonchev–Trinajstić information content (AvgIpc) is 2.61. The molecule has 0 aliphatic carbocycles. The van der Waals surface area contributed by atoms with E-state index in [0.717, 1.165) is 11.3 Å². The van der Waals surface area contributed by atoms with Crippen molar-refractivity contribution in [3.63, 3.8) is 0 Å². The number of aliphatic carboxylic acids is 1. The molecule has 0 saturated heterocycles. The number of carboxylic acids is 1. The predicted octanol–water partition coefficient (Wildman–Crippen LogP) is 3.53. The van der Waals surface area contributed by atoms with Gasteiger partial charge in [-0.1, -0.05) is 30.3 Å².